The van der Waals surface area contributed by atoms with Crippen LogP contribution in [0.3, 0.4) is 0 Å². The highest BCUT2D eigenvalue weighted by atomic mass is 32.1. The van der Waals surface area contributed by atoms with E-state index in [9.17, 15) is 4.79 Å². The maximum absolute atomic E-state index is 12.5. The molecule has 4 rings (SSSR count). The molecule has 1 aliphatic heterocycles. The molecule has 6 heteroatoms. The number of nitrogens with zero attached hydrogens (tertiary/aromatic N) is 1. The van der Waals surface area contributed by atoms with Gasteiger partial charge < -0.3 is 9.47 Å². The second-order valence-electron chi connectivity index (χ2n) is 5.35. The number of benzene rings is 2. The van der Waals surface area contributed by atoms with Crippen molar-refractivity contribution in [2.75, 3.05) is 12.1 Å². The molecular formula is C18H14N2O3S. The molecule has 3 aromatic rings. The SMILES string of the molecule is Cc1ccccc1-c1csc(NC(=O)c2cccc3c2OCO3)n1. The first-order valence-electron chi connectivity index (χ1n) is 7.44. The van der Waals surface area contributed by atoms with Crippen LogP contribution in [0.15, 0.2) is 47.8 Å². The number of aryl methyl sites for hydroxylation is 1. The first kappa shape index (κ1) is 14.7. The molecule has 0 bridgehead atoms. The number of aromatic nitrogens is 1. The molecule has 0 radical (unpaired) electrons. The summed E-state index contributed by atoms with van der Waals surface area (Å²) in [6.45, 7) is 2.17. The van der Waals surface area contributed by atoms with E-state index >= 15 is 0 Å². The minimum atomic E-state index is -0.261. The van der Waals surface area contributed by atoms with Gasteiger partial charge in [0.25, 0.3) is 5.91 Å². The fourth-order valence-electron chi connectivity index (χ4n) is 2.59. The average Bonchev–Trinajstić information content (AvgIpc) is 3.24. The van der Waals surface area contributed by atoms with E-state index in [1.807, 2.05) is 36.6 Å². The van der Waals surface area contributed by atoms with Crippen LogP contribution in [0, 0.1) is 6.92 Å². The molecular weight excluding hydrogens is 324 g/mol. The molecule has 0 saturated carbocycles. The van der Waals surface area contributed by atoms with Crippen LogP contribution in [0.25, 0.3) is 11.3 Å². The number of hydrogen-bond donors (Lipinski definition) is 1. The second kappa shape index (κ2) is 5.98. The van der Waals surface area contributed by atoms with Crippen molar-refractivity contribution in [2.45, 2.75) is 6.92 Å². The van der Waals surface area contributed by atoms with Crippen LogP contribution in [-0.4, -0.2) is 17.7 Å². The Bertz CT molecular complexity index is 920. The Morgan fingerprint density at radius 2 is 2.04 bits per heavy atom. The molecule has 0 aliphatic carbocycles. The Morgan fingerprint density at radius 1 is 1.17 bits per heavy atom. The second-order valence-corrected chi connectivity index (χ2v) is 6.20. The summed E-state index contributed by atoms with van der Waals surface area (Å²) >= 11 is 1.39. The fourth-order valence-corrected chi connectivity index (χ4v) is 3.29. The molecule has 0 spiro atoms. The lowest BCUT2D eigenvalue weighted by Crippen LogP contribution is -2.12. The summed E-state index contributed by atoms with van der Waals surface area (Å²) in [5.41, 5.74) is 3.50. The number of carbonyl (C=O) groups excluding carboxylic acids is 1. The summed E-state index contributed by atoms with van der Waals surface area (Å²) in [5.74, 6) is 0.802. The molecule has 2 aromatic carbocycles. The number of carbonyl (C=O) groups is 1. The Hall–Kier alpha value is -2.86. The minimum Gasteiger partial charge on any atom is -0.454 e. The smallest absolute Gasteiger partial charge is 0.261 e. The normalized spacial score (nSPS) is 12.2. The van der Waals surface area contributed by atoms with Gasteiger partial charge in [0, 0.05) is 10.9 Å². The number of hydrogen-bond acceptors (Lipinski definition) is 5. The molecule has 120 valence electrons. The van der Waals surface area contributed by atoms with Crippen molar-refractivity contribution >= 4 is 22.4 Å². The molecule has 0 atom stereocenters. The highest BCUT2D eigenvalue weighted by Crippen LogP contribution is 2.36. The third-order valence-corrected chi connectivity index (χ3v) is 4.54. The van der Waals surface area contributed by atoms with Gasteiger partial charge in [-0.25, -0.2) is 4.98 Å². The van der Waals surface area contributed by atoms with E-state index in [0.29, 0.717) is 22.2 Å². The van der Waals surface area contributed by atoms with Crippen molar-refractivity contribution in [1.29, 1.82) is 0 Å². The number of para-hydroxylation sites is 1. The summed E-state index contributed by atoms with van der Waals surface area (Å²) in [4.78, 5) is 17.0. The molecule has 1 aliphatic rings. The number of nitrogens with one attached hydrogen (secondary N) is 1. The van der Waals surface area contributed by atoms with Gasteiger partial charge in [-0.15, -0.1) is 11.3 Å². The number of fused-ring (bicyclic) bond motifs is 1. The standard InChI is InChI=1S/C18H14N2O3S/c1-11-5-2-3-6-12(11)14-9-24-18(19-14)20-17(21)13-7-4-8-15-16(13)23-10-22-15/h2-9H,10H2,1H3,(H,19,20,21). The van der Waals surface area contributed by atoms with Gasteiger partial charge in [-0.1, -0.05) is 30.3 Å². The molecule has 0 fully saturated rings. The van der Waals surface area contributed by atoms with E-state index < -0.39 is 0 Å². The fraction of sp³-hybridized carbons (Fsp3) is 0.111. The van der Waals surface area contributed by atoms with Gasteiger partial charge in [-0.3, -0.25) is 10.1 Å². The molecule has 5 nitrogen and oxygen atoms in total. The molecule has 24 heavy (non-hydrogen) atoms. The lowest BCUT2D eigenvalue weighted by atomic mass is 10.1. The van der Waals surface area contributed by atoms with E-state index in [0.717, 1.165) is 16.8 Å². The summed E-state index contributed by atoms with van der Waals surface area (Å²) < 4.78 is 10.7. The van der Waals surface area contributed by atoms with E-state index in [1.54, 1.807) is 18.2 Å². The van der Waals surface area contributed by atoms with Crippen LogP contribution in [0.2, 0.25) is 0 Å². The molecule has 1 amide bonds. The van der Waals surface area contributed by atoms with E-state index in [2.05, 4.69) is 10.3 Å². The lowest BCUT2D eigenvalue weighted by Gasteiger charge is -2.05. The monoisotopic (exact) mass is 338 g/mol. The first-order valence-corrected chi connectivity index (χ1v) is 8.32. The topological polar surface area (TPSA) is 60.5 Å². The van der Waals surface area contributed by atoms with Crippen molar-refractivity contribution in [3.8, 4) is 22.8 Å². The zero-order valence-corrected chi connectivity index (χ0v) is 13.7. The third kappa shape index (κ3) is 2.61. The van der Waals surface area contributed by atoms with Crippen LogP contribution in [-0.2, 0) is 0 Å². The van der Waals surface area contributed by atoms with Gasteiger partial charge in [-0.05, 0) is 24.6 Å². The minimum absolute atomic E-state index is 0.133. The summed E-state index contributed by atoms with van der Waals surface area (Å²) in [6, 6.07) is 13.3. The largest absolute Gasteiger partial charge is 0.454 e. The first-order chi connectivity index (χ1) is 11.7. The van der Waals surface area contributed by atoms with Crippen LogP contribution >= 0.6 is 11.3 Å². The lowest BCUT2D eigenvalue weighted by molar-refractivity contribution is 0.102. The van der Waals surface area contributed by atoms with Crippen molar-refractivity contribution in [3.63, 3.8) is 0 Å². The zero-order valence-electron chi connectivity index (χ0n) is 12.9. The maximum atomic E-state index is 12.5. The van der Waals surface area contributed by atoms with Gasteiger partial charge in [0.2, 0.25) is 6.79 Å². The Kier molecular flexibility index (Phi) is 3.66. The predicted molar refractivity (Wildman–Crippen MR) is 92.8 cm³/mol. The van der Waals surface area contributed by atoms with Crippen LogP contribution < -0.4 is 14.8 Å². The average molecular weight is 338 g/mol. The van der Waals surface area contributed by atoms with Crippen molar-refractivity contribution in [2.24, 2.45) is 0 Å². The van der Waals surface area contributed by atoms with Gasteiger partial charge in [0.05, 0.1) is 11.3 Å². The zero-order chi connectivity index (χ0) is 16.5. The van der Waals surface area contributed by atoms with Gasteiger partial charge in [-0.2, -0.15) is 0 Å². The summed E-state index contributed by atoms with van der Waals surface area (Å²) in [7, 11) is 0. The van der Waals surface area contributed by atoms with Crippen molar-refractivity contribution in [1.82, 2.24) is 4.98 Å². The number of rotatable bonds is 3. The van der Waals surface area contributed by atoms with Gasteiger partial charge >= 0.3 is 0 Å². The van der Waals surface area contributed by atoms with Crippen molar-refractivity contribution in [3.05, 3.63) is 59.0 Å². The van der Waals surface area contributed by atoms with E-state index in [1.165, 1.54) is 11.3 Å². The predicted octanol–water partition coefficient (Wildman–Crippen LogP) is 4.10. The highest BCUT2D eigenvalue weighted by Gasteiger charge is 2.22. The van der Waals surface area contributed by atoms with E-state index in [4.69, 9.17) is 9.47 Å². The highest BCUT2D eigenvalue weighted by molar-refractivity contribution is 7.14. The molecule has 1 N–H and O–H groups in total. The number of amides is 1. The van der Waals surface area contributed by atoms with Gasteiger partial charge in [0.15, 0.2) is 16.6 Å². The molecule has 1 aromatic heterocycles. The van der Waals surface area contributed by atoms with Crippen LogP contribution in [0.5, 0.6) is 11.5 Å². The van der Waals surface area contributed by atoms with Crippen LogP contribution in [0.1, 0.15) is 15.9 Å². The number of anilines is 1. The summed E-state index contributed by atoms with van der Waals surface area (Å²) in [5, 5.41) is 5.32. The molecule has 0 unspecified atom stereocenters. The number of thiazole rings is 1. The number of ether oxygens (including phenoxy) is 2. The Balaban J connectivity index is 1.58. The Labute approximate surface area is 142 Å². The van der Waals surface area contributed by atoms with Gasteiger partial charge in [0.1, 0.15) is 0 Å². The molecule has 2 heterocycles. The Morgan fingerprint density at radius 3 is 2.92 bits per heavy atom. The maximum Gasteiger partial charge on any atom is 0.261 e. The third-order valence-electron chi connectivity index (χ3n) is 3.79. The summed E-state index contributed by atoms with van der Waals surface area (Å²) in [6.07, 6.45) is 0. The quantitative estimate of drug-likeness (QED) is 0.781. The van der Waals surface area contributed by atoms with E-state index in [-0.39, 0.29) is 12.7 Å². The van der Waals surface area contributed by atoms with Crippen LogP contribution in [0.4, 0.5) is 5.13 Å². The van der Waals surface area contributed by atoms with Crippen molar-refractivity contribution < 1.29 is 14.3 Å². The molecule has 0 saturated heterocycles.